The molecule has 12 rings (SSSR count). The number of allylic oxidation sites excluding steroid dienone is 2. The van der Waals surface area contributed by atoms with E-state index in [2.05, 4.69) is 98.4 Å². The zero-order valence-electron chi connectivity index (χ0n) is 27.7. The van der Waals surface area contributed by atoms with Gasteiger partial charge in [0, 0.05) is 60.7 Å². The number of anilines is 2. The summed E-state index contributed by atoms with van der Waals surface area (Å²) in [4.78, 5) is 5.24. The van der Waals surface area contributed by atoms with Crippen LogP contribution in [-0.4, -0.2) is 95.1 Å². The molecule has 14 unspecified atom stereocenters. The van der Waals surface area contributed by atoms with Gasteiger partial charge in [-0.1, -0.05) is 48.6 Å². The molecule has 6 heteroatoms. The van der Waals surface area contributed by atoms with Crippen molar-refractivity contribution in [2.45, 2.75) is 86.0 Å². The molecule has 10 aliphatic rings. The van der Waals surface area contributed by atoms with E-state index < -0.39 is 11.4 Å². The van der Waals surface area contributed by atoms with Crippen molar-refractivity contribution in [3.05, 3.63) is 83.0 Å². The molecule has 2 aromatic carbocycles. The van der Waals surface area contributed by atoms with Crippen LogP contribution in [-0.2, 0) is 10.8 Å². The lowest BCUT2D eigenvalue weighted by atomic mass is 9.52. The molecule has 8 aliphatic heterocycles. The molecule has 6 nitrogen and oxygen atoms in total. The maximum Gasteiger partial charge on any atom is 0.159 e. The minimum absolute atomic E-state index is 0.0354. The van der Waals surface area contributed by atoms with Gasteiger partial charge in [0.2, 0.25) is 0 Å². The Morgan fingerprint density at radius 3 is 1.50 bits per heavy atom. The number of para-hydroxylation sites is 2. The molecule has 2 aliphatic carbocycles. The first-order chi connectivity index (χ1) is 22.2. The van der Waals surface area contributed by atoms with Crippen LogP contribution in [0.25, 0.3) is 0 Å². The Hall–Kier alpha value is -2.64. The van der Waals surface area contributed by atoms with Crippen LogP contribution in [0.15, 0.2) is 71.8 Å². The van der Waals surface area contributed by atoms with Crippen molar-refractivity contribution >= 4 is 11.4 Å². The molecule has 2 aromatic rings. The smallest absolute Gasteiger partial charge is 0.159 e. The van der Waals surface area contributed by atoms with Gasteiger partial charge in [-0.05, 0) is 48.3 Å². The number of nitrogens with zero attached hydrogens (tertiary/aromatic N) is 4. The Kier molecular flexibility index (Phi) is 4.20. The van der Waals surface area contributed by atoms with Gasteiger partial charge in [0.15, 0.2) is 11.4 Å². The zero-order chi connectivity index (χ0) is 31.0. The van der Waals surface area contributed by atoms with Crippen LogP contribution in [0.5, 0.6) is 0 Å². The molecular formula is C40H48N4O2+2. The molecular weight excluding hydrogens is 568 g/mol. The van der Waals surface area contributed by atoms with Gasteiger partial charge in [-0.2, -0.15) is 0 Å². The molecule has 0 amide bonds. The van der Waals surface area contributed by atoms with Crippen molar-refractivity contribution in [2.75, 3.05) is 50.1 Å². The molecule has 8 heterocycles. The van der Waals surface area contributed by atoms with Gasteiger partial charge >= 0.3 is 0 Å². The highest BCUT2D eigenvalue weighted by Gasteiger charge is 2.91. The van der Waals surface area contributed by atoms with Crippen LogP contribution in [0.2, 0.25) is 0 Å². The molecule has 2 saturated carbocycles. The zero-order valence-corrected chi connectivity index (χ0v) is 27.7. The van der Waals surface area contributed by atoms with E-state index >= 15 is 0 Å². The van der Waals surface area contributed by atoms with Crippen molar-refractivity contribution in [3.8, 4) is 0 Å². The van der Waals surface area contributed by atoms with Crippen LogP contribution in [0.4, 0.5) is 11.4 Å². The fraction of sp³-hybridized carbons (Fsp3) is 0.600. The maximum atomic E-state index is 14.2. The molecule has 14 atom stereocenters. The van der Waals surface area contributed by atoms with Gasteiger partial charge in [-0.15, -0.1) is 0 Å². The number of aliphatic hydroxyl groups is 2. The van der Waals surface area contributed by atoms with Gasteiger partial charge < -0.3 is 29.0 Å². The highest BCUT2D eigenvalue weighted by atomic mass is 16.3. The summed E-state index contributed by atoms with van der Waals surface area (Å²) in [5.74, 6) is 0.713. The molecule has 238 valence electrons. The highest BCUT2D eigenvalue weighted by Crippen LogP contribution is 2.80. The average Bonchev–Trinajstić information content (AvgIpc) is 3.81. The highest BCUT2D eigenvalue weighted by molar-refractivity contribution is 5.78. The largest absolute Gasteiger partial charge is 0.369 e. The molecule has 0 radical (unpaired) electrons. The number of piperidine rings is 2. The molecule has 2 spiro atoms. The van der Waals surface area contributed by atoms with E-state index in [-0.39, 0.29) is 34.7 Å². The number of benzene rings is 2. The van der Waals surface area contributed by atoms with E-state index in [4.69, 9.17) is 0 Å². The first kappa shape index (κ1) is 26.3. The minimum atomic E-state index is -0.974. The number of rotatable bonds is 0. The molecule has 8 fully saturated rings. The van der Waals surface area contributed by atoms with Crippen LogP contribution in [0.3, 0.4) is 0 Å². The van der Waals surface area contributed by atoms with Gasteiger partial charge in [0.25, 0.3) is 0 Å². The van der Waals surface area contributed by atoms with Crippen LogP contribution >= 0.6 is 0 Å². The standard InChI is InChI=1S/C40H48N4O2/c1-5-23-21-43(3)17-15-37-27-11-7-10-14-30(27)42-36-34-26-20-32-38(16-18-44(32,4)22-24(26)6-2)28-12-8-9-13-29(28)41(40(34,38)46)35(36)33(39(37,42)45)25(23)19-31(37)43/h5-14,25-26,31-36,45-46H,15-22H2,1-4H3/q+2. The number of fused-ring (bicyclic) bond motifs is 13. The van der Waals surface area contributed by atoms with Gasteiger partial charge in [-0.3, -0.25) is 0 Å². The number of quaternary nitrogens is 2. The van der Waals surface area contributed by atoms with Gasteiger partial charge in [0.1, 0.15) is 36.0 Å². The number of likely N-dealkylation sites (N-methyl/N-ethyl adjacent to an activating group) is 2. The molecule has 46 heavy (non-hydrogen) atoms. The minimum Gasteiger partial charge on any atom is -0.369 e. The summed E-state index contributed by atoms with van der Waals surface area (Å²) in [6, 6.07) is 19.3. The number of hydrogen-bond acceptors (Lipinski definition) is 4. The second kappa shape index (κ2) is 7.34. The molecule has 0 aromatic heterocycles. The van der Waals surface area contributed by atoms with Crippen molar-refractivity contribution in [2.24, 2.45) is 23.7 Å². The lowest BCUT2D eigenvalue weighted by Gasteiger charge is -2.62. The monoisotopic (exact) mass is 616 g/mol. The fourth-order valence-electron chi connectivity index (χ4n) is 16.1. The predicted molar refractivity (Wildman–Crippen MR) is 178 cm³/mol. The summed E-state index contributed by atoms with van der Waals surface area (Å²) >= 11 is 0. The Bertz CT molecular complexity index is 1740. The first-order valence-corrected chi connectivity index (χ1v) is 18.4. The van der Waals surface area contributed by atoms with Crippen molar-refractivity contribution in [1.82, 2.24) is 0 Å². The van der Waals surface area contributed by atoms with Gasteiger partial charge in [-0.25, -0.2) is 0 Å². The Labute approximate surface area is 272 Å². The van der Waals surface area contributed by atoms with E-state index in [1.807, 2.05) is 0 Å². The summed E-state index contributed by atoms with van der Waals surface area (Å²) in [5, 5.41) is 28.4. The fourth-order valence-corrected chi connectivity index (χ4v) is 16.1. The SMILES string of the molecule is CC=C1C[N+]2(C)CCC34c5ccccc5N5C6C(C(C1CC32)C54O)N1c2ccccc2C23CC[N+]4(C)CC(=CC)C(CC24)C6C13O. The lowest BCUT2D eigenvalue weighted by Crippen LogP contribution is -2.77. The van der Waals surface area contributed by atoms with Crippen LogP contribution < -0.4 is 9.80 Å². The van der Waals surface area contributed by atoms with E-state index in [9.17, 15) is 10.2 Å². The first-order valence-electron chi connectivity index (χ1n) is 18.4. The normalized spacial score (nSPS) is 56.7. The Morgan fingerprint density at radius 1 is 0.674 bits per heavy atom. The van der Waals surface area contributed by atoms with E-state index in [0.717, 1.165) is 60.8 Å². The van der Waals surface area contributed by atoms with Crippen molar-refractivity contribution in [1.29, 1.82) is 0 Å². The van der Waals surface area contributed by atoms with Crippen molar-refractivity contribution < 1.29 is 19.2 Å². The Balaban J connectivity index is 1.20. The molecule has 6 saturated heterocycles. The van der Waals surface area contributed by atoms with Crippen LogP contribution in [0, 0.1) is 23.7 Å². The van der Waals surface area contributed by atoms with E-state index in [1.54, 1.807) is 11.1 Å². The third kappa shape index (κ3) is 2.14. The van der Waals surface area contributed by atoms with Gasteiger partial charge in [0.05, 0.1) is 39.3 Å². The third-order valence-corrected chi connectivity index (χ3v) is 17.2. The lowest BCUT2D eigenvalue weighted by molar-refractivity contribution is -0.925. The quantitative estimate of drug-likeness (QED) is 0.343. The van der Waals surface area contributed by atoms with Crippen molar-refractivity contribution in [3.63, 3.8) is 0 Å². The Morgan fingerprint density at radius 2 is 1.09 bits per heavy atom. The summed E-state index contributed by atoms with van der Waals surface area (Å²) in [6.45, 7) is 8.92. The van der Waals surface area contributed by atoms with Crippen LogP contribution in [0.1, 0.15) is 50.7 Å². The van der Waals surface area contributed by atoms with E-state index in [0.29, 0.717) is 23.9 Å². The summed E-state index contributed by atoms with van der Waals surface area (Å²) in [5.41, 5.74) is 5.92. The predicted octanol–water partition coefficient (Wildman–Crippen LogP) is 4.27. The maximum absolute atomic E-state index is 14.2. The summed E-state index contributed by atoms with van der Waals surface area (Å²) in [6.07, 6.45) is 9.18. The topological polar surface area (TPSA) is 46.9 Å². The molecule has 2 N–H and O–H groups in total. The second-order valence-electron chi connectivity index (χ2n) is 17.9. The average molecular weight is 617 g/mol. The summed E-state index contributed by atoms with van der Waals surface area (Å²) in [7, 11) is 4.97. The third-order valence-electron chi connectivity index (χ3n) is 17.2. The summed E-state index contributed by atoms with van der Waals surface area (Å²) < 4.78 is 2.10. The van der Waals surface area contributed by atoms with E-state index in [1.165, 1.54) is 22.5 Å². The molecule has 4 bridgehead atoms. The second-order valence-corrected chi connectivity index (χ2v) is 17.9. The number of hydrogen-bond donors (Lipinski definition) is 2.